The number of halogens is 2. The zero-order valence-electron chi connectivity index (χ0n) is 14.4. The van der Waals surface area contributed by atoms with Crippen molar-refractivity contribution in [3.8, 4) is 0 Å². The number of nitrogens with zero attached hydrogens (tertiary/aromatic N) is 2. The number of anilines is 1. The molecule has 5 heteroatoms. The molecule has 0 unspecified atom stereocenters. The molecule has 27 heavy (non-hydrogen) atoms. The molecule has 0 saturated carbocycles. The highest BCUT2D eigenvalue weighted by Crippen LogP contribution is 2.43. The highest BCUT2D eigenvalue weighted by atomic mass is 35.5. The first-order valence-electron chi connectivity index (χ1n) is 8.94. The lowest BCUT2D eigenvalue weighted by Gasteiger charge is -2.34. The van der Waals surface area contributed by atoms with Gasteiger partial charge in [-0.2, -0.15) is 0 Å². The third kappa shape index (κ3) is 2.88. The number of fused-ring (bicyclic) bond motifs is 3. The normalized spacial score (nSPS) is 18.9. The van der Waals surface area contributed by atoms with Crippen molar-refractivity contribution in [2.45, 2.75) is 18.5 Å². The largest absolute Gasteiger partial charge is 0.349 e. The van der Waals surface area contributed by atoms with E-state index >= 15 is 0 Å². The molecular weight excluding hydrogens is 377 g/mol. The zero-order chi connectivity index (χ0) is 18.4. The Morgan fingerprint density at radius 3 is 2.52 bits per heavy atom. The molecule has 1 aliphatic rings. The summed E-state index contributed by atoms with van der Waals surface area (Å²) in [5.41, 5.74) is 4.38. The maximum Gasteiger partial charge on any atom is 0.204 e. The molecule has 1 aliphatic heterocycles. The number of nitrogens with one attached hydrogen (secondary N) is 1. The van der Waals surface area contributed by atoms with Crippen molar-refractivity contribution in [1.29, 1.82) is 0 Å². The van der Waals surface area contributed by atoms with Crippen molar-refractivity contribution in [3.63, 3.8) is 0 Å². The van der Waals surface area contributed by atoms with Gasteiger partial charge >= 0.3 is 0 Å². The van der Waals surface area contributed by atoms with Gasteiger partial charge in [-0.05, 0) is 41.8 Å². The Kier molecular flexibility index (Phi) is 4.07. The average molecular weight is 394 g/mol. The van der Waals surface area contributed by atoms with E-state index in [1.807, 2.05) is 42.5 Å². The van der Waals surface area contributed by atoms with E-state index in [1.54, 1.807) is 0 Å². The molecule has 5 rings (SSSR count). The van der Waals surface area contributed by atoms with Gasteiger partial charge in [-0.3, -0.25) is 0 Å². The van der Waals surface area contributed by atoms with Crippen LogP contribution in [0.3, 0.4) is 0 Å². The van der Waals surface area contributed by atoms with Crippen LogP contribution in [-0.2, 0) is 0 Å². The molecule has 2 atom stereocenters. The number of rotatable bonds is 2. The fourth-order valence-electron chi connectivity index (χ4n) is 3.95. The standard InChI is InChI=1S/C22H17Cl2N3/c23-15-10-11-16(17(24)12-15)21-13-19(14-6-2-1-3-7-14)26-22-25-18-8-4-5-9-20(18)27(21)22/h1-12,19,21H,13H2,(H,25,26)/t19-,21-/m1/s1. The quantitative estimate of drug-likeness (QED) is 0.421. The van der Waals surface area contributed by atoms with E-state index in [-0.39, 0.29) is 12.1 Å². The van der Waals surface area contributed by atoms with Gasteiger partial charge in [0.05, 0.1) is 23.1 Å². The van der Waals surface area contributed by atoms with Crippen LogP contribution < -0.4 is 5.32 Å². The lowest BCUT2D eigenvalue weighted by Crippen LogP contribution is -2.27. The molecule has 3 aromatic carbocycles. The van der Waals surface area contributed by atoms with Gasteiger partial charge in [0.2, 0.25) is 5.95 Å². The fourth-order valence-corrected chi connectivity index (χ4v) is 4.48. The summed E-state index contributed by atoms with van der Waals surface area (Å²) in [6.45, 7) is 0. The molecule has 1 aromatic heterocycles. The second-order valence-electron chi connectivity index (χ2n) is 6.82. The Morgan fingerprint density at radius 2 is 1.70 bits per heavy atom. The minimum absolute atomic E-state index is 0.0728. The van der Waals surface area contributed by atoms with Gasteiger partial charge in [-0.25, -0.2) is 4.98 Å². The van der Waals surface area contributed by atoms with Crippen molar-refractivity contribution >= 4 is 40.2 Å². The second kappa shape index (κ2) is 6.59. The molecule has 0 amide bonds. The summed E-state index contributed by atoms with van der Waals surface area (Å²) in [6, 6.07) is 24.7. The van der Waals surface area contributed by atoms with Gasteiger partial charge in [0.15, 0.2) is 0 Å². The van der Waals surface area contributed by atoms with Gasteiger partial charge in [0, 0.05) is 10.0 Å². The molecule has 2 heterocycles. The fraction of sp³-hybridized carbons (Fsp3) is 0.136. The average Bonchev–Trinajstić information content (AvgIpc) is 3.07. The van der Waals surface area contributed by atoms with Gasteiger partial charge in [-0.1, -0.05) is 71.7 Å². The van der Waals surface area contributed by atoms with Crippen LogP contribution in [0.15, 0.2) is 72.8 Å². The summed E-state index contributed by atoms with van der Waals surface area (Å²) in [4.78, 5) is 4.83. The van der Waals surface area contributed by atoms with Crippen LogP contribution in [0.5, 0.6) is 0 Å². The van der Waals surface area contributed by atoms with Crippen LogP contribution in [0.4, 0.5) is 5.95 Å². The monoisotopic (exact) mass is 393 g/mol. The summed E-state index contributed by atoms with van der Waals surface area (Å²) in [6.07, 6.45) is 0.874. The van der Waals surface area contributed by atoms with E-state index < -0.39 is 0 Å². The summed E-state index contributed by atoms with van der Waals surface area (Å²) < 4.78 is 2.25. The minimum Gasteiger partial charge on any atom is -0.349 e. The van der Waals surface area contributed by atoms with Gasteiger partial charge in [0.1, 0.15) is 0 Å². The molecule has 0 fully saturated rings. The van der Waals surface area contributed by atoms with Crippen LogP contribution in [0, 0.1) is 0 Å². The van der Waals surface area contributed by atoms with Crippen molar-refractivity contribution < 1.29 is 0 Å². The number of hydrogen-bond donors (Lipinski definition) is 1. The van der Waals surface area contributed by atoms with Crippen molar-refractivity contribution in [3.05, 3.63) is 94.0 Å². The molecular formula is C22H17Cl2N3. The molecule has 0 radical (unpaired) electrons. The van der Waals surface area contributed by atoms with Crippen molar-refractivity contribution in [1.82, 2.24) is 9.55 Å². The van der Waals surface area contributed by atoms with Crippen LogP contribution in [0.25, 0.3) is 11.0 Å². The van der Waals surface area contributed by atoms with E-state index in [0.717, 1.165) is 29.0 Å². The number of aromatic nitrogens is 2. The molecule has 1 N–H and O–H groups in total. The van der Waals surface area contributed by atoms with Crippen LogP contribution in [0.1, 0.15) is 29.6 Å². The molecule has 0 spiro atoms. The molecule has 0 saturated heterocycles. The SMILES string of the molecule is Clc1ccc([C@H]2C[C@H](c3ccccc3)Nc3nc4ccccc4n32)c(Cl)c1. The van der Waals surface area contributed by atoms with Crippen molar-refractivity contribution in [2.24, 2.45) is 0 Å². The van der Waals surface area contributed by atoms with E-state index in [4.69, 9.17) is 28.2 Å². The first-order valence-corrected chi connectivity index (χ1v) is 9.70. The summed E-state index contributed by atoms with van der Waals surface area (Å²) in [5, 5.41) is 4.95. The number of hydrogen-bond acceptors (Lipinski definition) is 2. The third-order valence-corrected chi connectivity index (χ3v) is 5.76. The molecule has 0 aliphatic carbocycles. The highest BCUT2D eigenvalue weighted by Gasteiger charge is 2.31. The van der Waals surface area contributed by atoms with Crippen LogP contribution in [0.2, 0.25) is 10.0 Å². The topological polar surface area (TPSA) is 29.9 Å². The Labute approximate surface area is 167 Å². The van der Waals surface area contributed by atoms with E-state index in [1.165, 1.54) is 5.56 Å². The number of benzene rings is 3. The predicted octanol–water partition coefficient (Wildman–Crippen LogP) is 6.49. The molecule has 0 bridgehead atoms. The predicted molar refractivity (Wildman–Crippen MR) is 112 cm³/mol. The zero-order valence-corrected chi connectivity index (χ0v) is 16.0. The van der Waals surface area contributed by atoms with Crippen LogP contribution in [-0.4, -0.2) is 9.55 Å². The summed E-state index contributed by atoms with van der Waals surface area (Å²) in [5.74, 6) is 0.868. The van der Waals surface area contributed by atoms with Gasteiger partial charge in [-0.15, -0.1) is 0 Å². The minimum atomic E-state index is 0.0728. The summed E-state index contributed by atoms with van der Waals surface area (Å²) >= 11 is 12.7. The first-order chi connectivity index (χ1) is 13.2. The smallest absolute Gasteiger partial charge is 0.204 e. The molecule has 3 nitrogen and oxygen atoms in total. The molecule has 134 valence electrons. The maximum atomic E-state index is 6.60. The Balaban J connectivity index is 1.70. The Morgan fingerprint density at radius 1 is 0.926 bits per heavy atom. The number of imidazole rings is 1. The second-order valence-corrected chi connectivity index (χ2v) is 7.66. The first kappa shape index (κ1) is 16.7. The van der Waals surface area contributed by atoms with E-state index in [9.17, 15) is 0 Å². The number of para-hydroxylation sites is 2. The highest BCUT2D eigenvalue weighted by molar-refractivity contribution is 6.35. The summed E-state index contributed by atoms with van der Waals surface area (Å²) in [7, 11) is 0. The van der Waals surface area contributed by atoms with Gasteiger partial charge in [0.25, 0.3) is 0 Å². The Hall–Kier alpha value is -2.49. The molecule has 4 aromatic rings. The van der Waals surface area contributed by atoms with E-state index in [2.05, 4.69) is 40.2 Å². The van der Waals surface area contributed by atoms with Crippen molar-refractivity contribution in [2.75, 3.05) is 5.32 Å². The maximum absolute atomic E-state index is 6.60. The Bertz CT molecular complexity index is 1120. The van der Waals surface area contributed by atoms with E-state index in [0.29, 0.717) is 10.0 Å². The lowest BCUT2D eigenvalue weighted by atomic mass is 9.93. The third-order valence-electron chi connectivity index (χ3n) is 5.19. The lowest BCUT2D eigenvalue weighted by molar-refractivity contribution is 0.477. The van der Waals surface area contributed by atoms with Crippen LogP contribution >= 0.6 is 23.2 Å². The van der Waals surface area contributed by atoms with Gasteiger partial charge < -0.3 is 9.88 Å².